The molecule has 0 radical (unpaired) electrons. The zero-order valence-electron chi connectivity index (χ0n) is 16.1. The van der Waals surface area contributed by atoms with Gasteiger partial charge in [0.05, 0.1) is 18.3 Å². The predicted molar refractivity (Wildman–Crippen MR) is 106 cm³/mol. The van der Waals surface area contributed by atoms with Crippen molar-refractivity contribution in [1.29, 1.82) is 0 Å². The molecule has 1 atom stereocenters. The van der Waals surface area contributed by atoms with Gasteiger partial charge in [-0.05, 0) is 49.6 Å². The van der Waals surface area contributed by atoms with E-state index in [0.29, 0.717) is 12.4 Å². The third kappa shape index (κ3) is 5.70. The van der Waals surface area contributed by atoms with Gasteiger partial charge in [-0.2, -0.15) is 0 Å². The van der Waals surface area contributed by atoms with E-state index in [2.05, 4.69) is 15.6 Å². The molecule has 1 aromatic heterocycles. The number of carbonyl (C=O) groups is 2. The van der Waals surface area contributed by atoms with Gasteiger partial charge in [-0.15, -0.1) is 0 Å². The number of rotatable bonds is 7. The van der Waals surface area contributed by atoms with Gasteiger partial charge in [-0.25, -0.2) is 4.79 Å². The molecule has 3 amide bonds. The van der Waals surface area contributed by atoms with Gasteiger partial charge in [0, 0.05) is 19.3 Å². The highest BCUT2D eigenvalue weighted by Crippen LogP contribution is 2.20. The number of carbonyl (C=O) groups excluding carboxylic acids is 2. The molecule has 2 heterocycles. The molecule has 0 aliphatic carbocycles. The normalized spacial score (nSPS) is 14.4. The summed E-state index contributed by atoms with van der Waals surface area (Å²) in [5.74, 6) is 0.673. The number of hydrogen-bond acceptors (Lipinski definition) is 4. The van der Waals surface area contributed by atoms with Crippen molar-refractivity contribution in [3.05, 3.63) is 59.9 Å². The molecular weight excluding hydrogens is 356 g/mol. The topological polar surface area (TPSA) is 83.6 Å². The van der Waals surface area contributed by atoms with Crippen molar-refractivity contribution in [2.45, 2.75) is 32.4 Å². The second kappa shape index (κ2) is 9.73. The van der Waals surface area contributed by atoms with Gasteiger partial charge in [-0.3, -0.25) is 9.78 Å². The summed E-state index contributed by atoms with van der Waals surface area (Å²) >= 11 is 0. The first-order chi connectivity index (χ1) is 13.6. The van der Waals surface area contributed by atoms with E-state index >= 15 is 0 Å². The smallest absolute Gasteiger partial charge is 0.315 e. The second-order valence-electron chi connectivity index (χ2n) is 6.82. The number of ether oxygens (including phenoxy) is 1. The van der Waals surface area contributed by atoms with E-state index in [9.17, 15) is 9.59 Å². The van der Waals surface area contributed by atoms with Crippen molar-refractivity contribution in [3.63, 3.8) is 0 Å². The molecule has 2 N–H and O–H groups in total. The Balaban J connectivity index is 1.47. The first-order valence-electron chi connectivity index (χ1n) is 9.56. The fraction of sp³-hybridized carbons (Fsp3) is 0.381. The maximum atomic E-state index is 12.1. The Morgan fingerprint density at radius 2 is 2.00 bits per heavy atom. The van der Waals surface area contributed by atoms with Crippen LogP contribution in [0, 0.1) is 0 Å². The van der Waals surface area contributed by atoms with Crippen molar-refractivity contribution < 1.29 is 14.3 Å². The first-order valence-corrected chi connectivity index (χ1v) is 9.56. The van der Waals surface area contributed by atoms with Crippen LogP contribution in [0.1, 0.15) is 37.1 Å². The second-order valence-corrected chi connectivity index (χ2v) is 6.82. The van der Waals surface area contributed by atoms with E-state index in [1.54, 1.807) is 11.1 Å². The number of likely N-dealkylation sites (tertiary alicyclic amines) is 1. The molecule has 7 nitrogen and oxygen atoms in total. The fourth-order valence-electron chi connectivity index (χ4n) is 3.08. The number of nitrogens with zero attached hydrogens (tertiary/aromatic N) is 2. The van der Waals surface area contributed by atoms with Gasteiger partial charge >= 0.3 is 6.03 Å². The lowest BCUT2D eigenvalue weighted by molar-refractivity contribution is -0.129. The highest BCUT2D eigenvalue weighted by molar-refractivity contribution is 5.84. The fourth-order valence-corrected chi connectivity index (χ4v) is 3.08. The molecule has 1 aromatic carbocycles. The van der Waals surface area contributed by atoms with Gasteiger partial charge in [0.15, 0.2) is 0 Å². The van der Waals surface area contributed by atoms with Crippen molar-refractivity contribution in [3.8, 4) is 5.75 Å². The van der Waals surface area contributed by atoms with E-state index in [4.69, 9.17) is 4.74 Å². The molecule has 2 aromatic rings. The summed E-state index contributed by atoms with van der Waals surface area (Å²) in [6.45, 7) is 3.85. The molecule has 1 fully saturated rings. The van der Waals surface area contributed by atoms with Gasteiger partial charge < -0.3 is 20.3 Å². The predicted octanol–water partition coefficient (Wildman–Crippen LogP) is 2.64. The molecule has 1 aliphatic heterocycles. The first kappa shape index (κ1) is 19.7. The number of amides is 3. The highest BCUT2D eigenvalue weighted by Gasteiger charge is 2.18. The average Bonchev–Trinajstić information content (AvgIpc) is 3.26. The number of aromatic nitrogens is 1. The molecule has 0 bridgehead atoms. The minimum atomic E-state index is -0.361. The quantitative estimate of drug-likeness (QED) is 0.771. The lowest BCUT2D eigenvalue weighted by Crippen LogP contribution is -2.43. The van der Waals surface area contributed by atoms with Crippen molar-refractivity contribution in [2.75, 3.05) is 19.6 Å². The molecule has 28 heavy (non-hydrogen) atoms. The van der Waals surface area contributed by atoms with Crippen LogP contribution < -0.4 is 15.4 Å². The van der Waals surface area contributed by atoms with Crippen LogP contribution in [0.5, 0.6) is 5.75 Å². The summed E-state index contributed by atoms with van der Waals surface area (Å²) in [7, 11) is 0. The monoisotopic (exact) mass is 382 g/mol. The molecule has 1 saturated heterocycles. The SMILES string of the molecule is CC(NC(=O)NCC(=O)N1CCCC1)c1cccc(OCc2ccccn2)c1. The lowest BCUT2D eigenvalue weighted by atomic mass is 10.1. The van der Waals surface area contributed by atoms with Crippen LogP contribution in [-0.2, 0) is 11.4 Å². The van der Waals surface area contributed by atoms with Crippen LogP contribution in [0.4, 0.5) is 4.79 Å². The van der Waals surface area contributed by atoms with Gasteiger partial charge in [0.2, 0.25) is 5.91 Å². The molecule has 148 valence electrons. The molecule has 1 aliphatic rings. The van der Waals surface area contributed by atoms with Crippen molar-refractivity contribution in [2.24, 2.45) is 0 Å². The number of urea groups is 1. The van der Waals surface area contributed by atoms with Crippen molar-refractivity contribution in [1.82, 2.24) is 20.5 Å². The zero-order valence-corrected chi connectivity index (χ0v) is 16.1. The summed E-state index contributed by atoms with van der Waals surface area (Å²) in [4.78, 5) is 30.1. The lowest BCUT2D eigenvalue weighted by Gasteiger charge is -2.18. The summed E-state index contributed by atoms with van der Waals surface area (Å²) in [5, 5.41) is 5.49. The standard InChI is InChI=1S/C21H26N4O3/c1-16(24-21(27)23-14-20(26)25-11-4-5-12-25)17-7-6-9-19(13-17)28-15-18-8-2-3-10-22-18/h2-3,6-10,13,16H,4-5,11-12,14-15H2,1H3,(H2,23,24,27). The largest absolute Gasteiger partial charge is 0.487 e. The Bertz CT molecular complexity index is 791. The van der Waals surface area contributed by atoms with Gasteiger partial charge in [0.25, 0.3) is 0 Å². The summed E-state index contributed by atoms with van der Waals surface area (Å²) in [6.07, 6.45) is 3.80. The minimum absolute atomic E-state index is 0.0196. The number of hydrogen-bond donors (Lipinski definition) is 2. The Morgan fingerprint density at radius 1 is 1.18 bits per heavy atom. The number of benzene rings is 1. The van der Waals surface area contributed by atoms with Crippen LogP contribution >= 0.6 is 0 Å². The average molecular weight is 382 g/mol. The molecule has 3 rings (SSSR count). The van der Waals surface area contributed by atoms with Crippen LogP contribution in [0.2, 0.25) is 0 Å². The third-order valence-corrected chi connectivity index (χ3v) is 4.68. The molecule has 0 spiro atoms. The number of nitrogens with one attached hydrogen (secondary N) is 2. The summed E-state index contributed by atoms with van der Waals surface area (Å²) in [6, 6.07) is 12.7. The van der Waals surface area contributed by atoms with Crippen LogP contribution in [-0.4, -0.2) is 41.5 Å². The number of pyridine rings is 1. The van der Waals surface area contributed by atoms with Crippen LogP contribution in [0.15, 0.2) is 48.7 Å². The molecule has 1 unspecified atom stereocenters. The Labute approximate surface area is 165 Å². The summed E-state index contributed by atoms with van der Waals surface area (Å²) < 4.78 is 5.78. The molecular formula is C21H26N4O3. The minimum Gasteiger partial charge on any atom is -0.487 e. The van der Waals surface area contributed by atoms with Crippen LogP contribution in [0.3, 0.4) is 0 Å². The van der Waals surface area contributed by atoms with Crippen molar-refractivity contribution >= 4 is 11.9 Å². The van der Waals surface area contributed by atoms with Crippen LogP contribution in [0.25, 0.3) is 0 Å². The zero-order chi connectivity index (χ0) is 19.8. The van der Waals surface area contributed by atoms with E-state index in [-0.39, 0.29) is 24.5 Å². The Morgan fingerprint density at radius 3 is 2.75 bits per heavy atom. The summed E-state index contributed by atoms with van der Waals surface area (Å²) in [5.41, 5.74) is 1.76. The Hall–Kier alpha value is -3.09. The highest BCUT2D eigenvalue weighted by atomic mass is 16.5. The molecule has 7 heteroatoms. The molecule has 0 saturated carbocycles. The maximum Gasteiger partial charge on any atom is 0.315 e. The van der Waals surface area contributed by atoms with E-state index in [0.717, 1.165) is 37.2 Å². The maximum absolute atomic E-state index is 12.1. The van der Waals surface area contributed by atoms with E-state index in [1.807, 2.05) is 49.4 Å². The van der Waals surface area contributed by atoms with Gasteiger partial charge in [0.1, 0.15) is 12.4 Å². The van der Waals surface area contributed by atoms with E-state index in [1.165, 1.54) is 0 Å². The van der Waals surface area contributed by atoms with Gasteiger partial charge in [-0.1, -0.05) is 18.2 Å². The Kier molecular flexibility index (Phi) is 6.84. The third-order valence-electron chi connectivity index (χ3n) is 4.68. The van der Waals surface area contributed by atoms with E-state index < -0.39 is 0 Å².